The summed E-state index contributed by atoms with van der Waals surface area (Å²) in [5.74, 6) is -0.331. The fraction of sp³-hybridized carbons (Fsp3) is 0.250. The van der Waals surface area contributed by atoms with Crippen molar-refractivity contribution in [1.82, 2.24) is 0 Å². The molecule has 0 spiro atoms. The van der Waals surface area contributed by atoms with E-state index in [0.29, 0.717) is 10.7 Å². The highest BCUT2D eigenvalue weighted by atomic mass is 35.5. The molecule has 2 aromatic carbocycles. The minimum atomic E-state index is -0.331. The van der Waals surface area contributed by atoms with Crippen molar-refractivity contribution in [3.8, 4) is 0 Å². The molecule has 19 heavy (non-hydrogen) atoms. The molecule has 0 aliphatic rings. The van der Waals surface area contributed by atoms with Crippen LogP contribution in [-0.2, 0) is 0 Å². The number of halogens is 2. The van der Waals surface area contributed by atoms with Gasteiger partial charge in [-0.1, -0.05) is 35.4 Å². The normalized spacial score (nSPS) is 12.3. The molecule has 3 heteroatoms. The van der Waals surface area contributed by atoms with E-state index < -0.39 is 0 Å². The maximum Gasteiger partial charge on any atom is 0.126 e. The lowest BCUT2D eigenvalue weighted by molar-refractivity contribution is 0.628. The Hall–Kier alpha value is -1.54. The van der Waals surface area contributed by atoms with Gasteiger partial charge in [0.1, 0.15) is 5.82 Å². The molecule has 0 aromatic heterocycles. The minimum absolute atomic E-state index is 0.0958. The van der Waals surface area contributed by atoms with Gasteiger partial charge in [0.25, 0.3) is 0 Å². The van der Waals surface area contributed by atoms with Crippen molar-refractivity contribution < 1.29 is 4.39 Å². The third kappa shape index (κ3) is 3.48. The molecule has 100 valence electrons. The fourth-order valence-corrected chi connectivity index (χ4v) is 2.50. The van der Waals surface area contributed by atoms with E-state index in [-0.39, 0.29) is 11.9 Å². The average Bonchev–Trinajstić information content (AvgIpc) is 2.26. The first-order chi connectivity index (χ1) is 8.95. The van der Waals surface area contributed by atoms with Crippen LogP contribution in [0.2, 0.25) is 5.02 Å². The molecule has 0 heterocycles. The molecular formula is C16H17ClFN. The highest BCUT2D eigenvalue weighted by Gasteiger charge is 2.09. The van der Waals surface area contributed by atoms with Gasteiger partial charge >= 0.3 is 0 Å². The van der Waals surface area contributed by atoms with Gasteiger partial charge in [-0.25, -0.2) is 4.39 Å². The largest absolute Gasteiger partial charge is 0.378 e. The molecule has 1 N–H and O–H groups in total. The second-order valence-electron chi connectivity index (χ2n) is 4.88. The van der Waals surface area contributed by atoms with Crippen molar-refractivity contribution in [2.75, 3.05) is 5.32 Å². The van der Waals surface area contributed by atoms with Crippen LogP contribution in [0, 0.1) is 19.7 Å². The van der Waals surface area contributed by atoms with Gasteiger partial charge in [-0.15, -0.1) is 0 Å². The lowest BCUT2D eigenvalue weighted by atomic mass is 10.00. The fourth-order valence-electron chi connectivity index (χ4n) is 2.28. The molecule has 1 atom stereocenters. The summed E-state index contributed by atoms with van der Waals surface area (Å²) in [6.45, 7) is 6.21. The van der Waals surface area contributed by atoms with Crippen molar-refractivity contribution >= 4 is 17.3 Å². The van der Waals surface area contributed by atoms with Crippen molar-refractivity contribution in [2.24, 2.45) is 0 Å². The minimum Gasteiger partial charge on any atom is -0.378 e. The molecule has 0 aliphatic carbocycles. The van der Waals surface area contributed by atoms with Crippen LogP contribution >= 0.6 is 11.6 Å². The highest BCUT2D eigenvalue weighted by Crippen LogP contribution is 2.25. The quantitative estimate of drug-likeness (QED) is 0.806. The molecule has 0 amide bonds. The van der Waals surface area contributed by atoms with Gasteiger partial charge in [0.15, 0.2) is 0 Å². The number of aryl methyl sites for hydroxylation is 2. The first-order valence-electron chi connectivity index (χ1n) is 6.25. The Bertz CT molecular complexity index is 575. The van der Waals surface area contributed by atoms with E-state index in [2.05, 4.69) is 44.3 Å². The van der Waals surface area contributed by atoms with Crippen molar-refractivity contribution in [3.05, 3.63) is 63.9 Å². The molecular weight excluding hydrogens is 261 g/mol. The zero-order valence-electron chi connectivity index (χ0n) is 11.3. The van der Waals surface area contributed by atoms with Crippen LogP contribution in [-0.4, -0.2) is 0 Å². The summed E-state index contributed by atoms with van der Waals surface area (Å²) < 4.78 is 13.3. The molecule has 0 radical (unpaired) electrons. The monoisotopic (exact) mass is 277 g/mol. The van der Waals surface area contributed by atoms with Crippen molar-refractivity contribution in [1.29, 1.82) is 0 Å². The Morgan fingerprint density at radius 3 is 2.47 bits per heavy atom. The number of hydrogen-bond acceptors (Lipinski definition) is 1. The SMILES string of the molecule is Cc1ccc(C(C)Nc2cc(F)cc(Cl)c2)c(C)c1. The molecule has 0 saturated heterocycles. The van der Waals surface area contributed by atoms with E-state index in [4.69, 9.17) is 11.6 Å². The summed E-state index contributed by atoms with van der Waals surface area (Å²) in [5.41, 5.74) is 4.35. The molecule has 2 aromatic rings. The van der Waals surface area contributed by atoms with Crippen molar-refractivity contribution in [2.45, 2.75) is 26.8 Å². The molecule has 1 unspecified atom stereocenters. The Balaban J connectivity index is 2.22. The van der Waals surface area contributed by atoms with Crippen LogP contribution in [0.1, 0.15) is 29.7 Å². The summed E-state index contributed by atoms with van der Waals surface area (Å²) in [4.78, 5) is 0. The number of rotatable bonds is 3. The standard InChI is InChI=1S/C16H17ClFN/c1-10-4-5-16(11(2)6-10)12(3)19-15-8-13(17)7-14(18)9-15/h4-9,12,19H,1-3H3. The number of hydrogen-bond donors (Lipinski definition) is 1. The van der Waals surface area contributed by atoms with Crippen LogP contribution in [0.4, 0.5) is 10.1 Å². The van der Waals surface area contributed by atoms with Gasteiger partial charge in [0.05, 0.1) is 0 Å². The summed E-state index contributed by atoms with van der Waals surface area (Å²) >= 11 is 5.85. The average molecular weight is 278 g/mol. The lowest BCUT2D eigenvalue weighted by Crippen LogP contribution is -2.08. The maximum absolute atomic E-state index is 13.3. The summed E-state index contributed by atoms with van der Waals surface area (Å²) in [6.07, 6.45) is 0. The highest BCUT2D eigenvalue weighted by molar-refractivity contribution is 6.30. The lowest BCUT2D eigenvalue weighted by Gasteiger charge is -2.18. The number of nitrogens with one attached hydrogen (secondary N) is 1. The molecule has 2 rings (SSSR count). The summed E-state index contributed by atoms with van der Waals surface area (Å²) in [7, 11) is 0. The Kier molecular flexibility index (Phi) is 4.11. The zero-order chi connectivity index (χ0) is 14.0. The third-order valence-electron chi connectivity index (χ3n) is 3.14. The Labute approximate surface area is 118 Å². The topological polar surface area (TPSA) is 12.0 Å². The van der Waals surface area contributed by atoms with Gasteiger partial charge in [0, 0.05) is 16.8 Å². The molecule has 1 nitrogen and oxygen atoms in total. The maximum atomic E-state index is 13.3. The molecule has 0 fully saturated rings. The number of anilines is 1. The zero-order valence-corrected chi connectivity index (χ0v) is 12.1. The Morgan fingerprint density at radius 1 is 1.11 bits per heavy atom. The van der Waals surface area contributed by atoms with E-state index in [0.717, 1.165) is 0 Å². The molecule has 0 aliphatic heterocycles. The first kappa shape index (κ1) is 13.9. The van der Waals surface area contributed by atoms with Gasteiger partial charge in [-0.05, 0) is 50.1 Å². The van der Waals surface area contributed by atoms with E-state index in [1.165, 1.54) is 28.8 Å². The molecule has 0 bridgehead atoms. The van der Waals surface area contributed by atoms with Crippen LogP contribution in [0.5, 0.6) is 0 Å². The van der Waals surface area contributed by atoms with Crippen LogP contribution in [0.15, 0.2) is 36.4 Å². The van der Waals surface area contributed by atoms with Gasteiger partial charge in [0.2, 0.25) is 0 Å². The Morgan fingerprint density at radius 2 is 1.84 bits per heavy atom. The van der Waals surface area contributed by atoms with E-state index in [9.17, 15) is 4.39 Å². The predicted octanol–water partition coefficient (Wildman–Crippen LogP) is 5.27. The predicted molar refractivity (Wildman–Crippen MR) is 79.4 cm³/mol. The van der Waals surface area contributed by atoms with E-state index in [1.807, 2.05) is 0 Å². The van der Waals surface area contributed by atoms with E-state index >= 15 is 0 Å². The third-order valence-corrected chi connectivity index (χ3v) is 3.36. The smallest absolute Gasteiger partial charge is 0.126 e. The summed E-state index contributed by atoms with van der Waals surface area (Å²) in [6, 6.07) is 10.9. The van der Waals surface area contributed by atoms with Crippen LogP contribution in [0.25, 0.3) is 0 Å². The van der Waals surface area contributed by atoms with E-state index in [1.54, 1.807) is 6.07 Å². The summed E-state index contributed by atoms with van der Waals surface area (Å²) in [5, 5.41) is 3.67. The van der Waals surface area contributed by atoms with Crippen LogP contribution in [0.3, 0.4) is 0 Å². The second-order valence-corrected chi connectivity index (χ2v) is 5.32. The van der Waals surface area contributed by atoms with Crippen molar-refractivity contribution in [3.63, 3.8) is 0 Å². The van der Waals surface area contributed by atoms with Crippen LogP contribution < -0.4 is 5.32 Å². The molecule has 0 saturated carbocycles. The second kappa shape index (κ2) is 5.62. The van der Waals surface area contributed by atoms with Gasteiger partial charge in [-0.2, -0.15) is 0 Å². The first-order valence-corrected chi connectivity index (χ1v) is 6.63. The van der Waals surface area contributed by atoms with Gasteiger partial charge < -0.3 is 5.32 Å². The van der Waals surface area contributed by atoms with Gasteiger partial charge in [-0.3, -0.25) is 0 Å². The number of benzene rings is 2.